The van der Waals surface area contributed by atoms with Gasteiger partial charge in [-0.05, 0) is 12.8 Å². The molecule has 13 heavy (non-hydrogen) atoms. The molecule has 0 aromatic rings. The molecule has 1 rings (SSSR count). The van der Waals surface area contributed by atoms with E-state index in [1.807, 2.05) is 20.8 Å². The fraction of sp³-hybridized carbons (Fsp3) is 0.750. The van der Waals surface area contributed by atoms with Gasteiger partial charge in [-0.2, -0.15) is 0 Å². The van der Waals surface area contributed by atoms with Gasteiger partial charge in [0.1, 0.15) is 5.78 Å². The molecule has 72 valence electrons. The lowest BCUT2D eigenvalue weighted by molar-refractivity contribution is -0.140. The zero-order chi connectivity index (χ0) is 10.1. The Kier molecular flexibility index (Phi) is 2.52. The van der Waals surface area contributed by atoms with Crippen LogP contribution in [0.2, 0.25) is 0 Å². The third kappa shape index (κ3) is 1.77. The summed E-state index contributed by atoms with van der Waals surface area (Å²) < 4.78 is 0. The highest BCUT2D eigenvalue weighted by Crippen LogP contribution is 2.44. The van der Waals surface area contributed by atoms with Crippen LogP contribution in [0, 0.1) is 23.2 Å². The minimum absolute atomic E-state index is 0.163. The normalized spacial score (nSPS) is 32.6. The summed E-state index contributed by atoms with van der Waals surface area (Å²) in [7, 11) is 0. The molecule has 0 aromatic heterocycles. The third-order valence-electron chi connectivity index (χ3n) is 3.19. The van der Waals surface area contributed by atoms with Crippen molar-refractivity contribution in [1.29, 1.82) is 0 Å². The summed E-state index contributed by atoms with van der Waals surface area (Å²) in [6.07, 6.45) is 8.97. The Balaban J connectivity index is 2.89. The van der Waals surface area contributed by atoms with Gasteiger partial charge in [-0.25, -0.2) is 0 Å². The first kappa shape index (κ1) is 10.3. The van der Waals surface area contributed by atoms with Crippen LogP contribution in [0.4, 0.5) is 0 Å². The van der Waals surface area contributed by atoms with Crippen molar-refractivity contribution in [3.05, 3.63) is 0 Å². The molecular weight excluding hydrogens is 160 g/mol. The van der Waals surface area contributed by atoms with E-state index in [0.29, 0.717) is 12.2 Å². The molecule has 0 spiro atoms. The average molecular weight is 178 g/mol. The third-order valence-corrected chi connectivity index (χ3v) is 3.19. The number of Topliss-reactive ketones (excluding diaryl/α,β-unsaturated/α-hetero) is 1. The Morgan fingerprint density at radius 3 is 2.54 bits per heavy atom. The molecule has 1 unspecified atom stereocenters. The second-order valence-electron chi connectivity index (χ2n) is 5.01. The van der Waals surface area contributed by atoms with Crippen LogP contribution >= 0.6 is 0 Å². The molecule has 0 amide bonds. The van der Waals surface area contributed by atoms with Gasteiger partial charge in [0.15, 0.2) is 0 Å². The molecule has 0 N–H and O–H groups in total. The second-order valence-corrected chi connectivity index (χ2v) is 5.01. The Morgan fingerprint density at radius 2 is 2.00 bits per heavy atom. The van der Waals surface area contributed by atoms with Crippen LogP contribution in [0.15, 0.2) is 0 Å². The van der Waals surface area contributed by atoms with Crippen molar-refractivity contribution in [2.75, 3.05) is 0 Å². The number of rotatable bonds is 1. The van der Waals surface area contributed by atoms with E-state index < -0.39 is 0 Å². The lowest BCUT2D eigenvalue weighted by Crippen LogP contribution is -2.42. The summed E-state index contributed by atoms with van der Waals surface area (Å²) in [5.41, 5.74) is -0.416. The zero-order valence-electron chi connectivity index (χ0n) is 8.81. The van der Waals surface area contributed by atoms with Gasteiger partial charge in [-0.15, -0.1) is 12.3 Å². The Labute approximate surface area is 80.9 Å². The van der Waals surface area contributed by atoms with E-state index in [-0.39, 0.29) is 10.8 Å². The van der Waals surface area contributed by atoms with E-state index in [1.165, 1.54) is 0 Å². The SMILES string of the molecule is C#CCC1(C)CCCC(C)(C)C1=O. The highest BCUT2D eigenvalue weighted by atomic mass is 16.1. The lowest BCUT2D eigenvalue weighted by Gasteiger charge is -2.40. The summed E-state index contributed by atoms with van der Waals surface area (Å²) in [5.74, 6) is 2.98. The predicted octanol–water partition coefficient (Wildman–Crippen LogP) is 2.80. The molecule has 0 saturated heterocycles. The molecule has 1 fully saturated rings. The fourth-order valence-corrected chi connectivity index (χ4v) is 2.36. The van der Waals surface area contributed by atoms with Gasteiger partial charge in [0, 0.05) is 17.3 Å². The van der Waals surface area contributed by atoms with Crippen molar-refractivity contribution >= 4 is 5.78 Å². The smallest absolute Gasteiger partial charge is 0.145 e. The maximum absolute atomic E-state index is 12.1. The summed E-state index contributed by atoms with van der Waals surface area (Å²) in [4.78, 5) is 12.1. The number of carbonyl (C=O) groups is 1. The first-order valence-corrected chi connectivity index (χ1v) is 4.91. The number of carbonyl (C=O) groups excluding carboxylic acids is 1. The summed E-state index contributed by atoms with van der Waals surface area (Å²) in [6, 6.07) is 0. The van der Waals surface area contributed by atoms with E-state index in [4.69, 9.17) is 6.42 Å². The van der Waals surface area contributed by atoms with Crippen LogP contribution in [0.1, 0.15) is 46.5 Å². The molecular formula is C12H18O. The molecule has 0 heterocycles. The molecule has 0 aliphatic heterocycles. The minimum atomic E-state index is -0.253. The van der Waals surface area contributed by atoms with Gasteiger partial charge in [0.25, 0.3) is 0 Å². The van der Waals surface area contributed by atoms with Crippen LogP contribution in [0.25, 0.3) is 0 Å². The van der Waals surface area contributed by atoms with Crippen LogP contribution in [-0.2, 0) is 4.79 Å². The predicted molar refractivity (Wildman–Crippen MR) is 54.2 cm³/mol. The quantitative estimate of drug-likeness (QED) is 0.564. The second kappa shape index (κ2) is 3.18. The van der Waals surface area contributed by atoms with Gasteiger partial charge in [-0.3, -0.25) is 4.79 Å². The largest absolute Gasteiger partial charge is 0.298 e. The van der Waals surface area contributed by atoms with Crippen molar-refractivity contribution in [3.8, 4) is 12.3 Å². The first-order valence-electron chi connectivity index (χ1n) is 4.91. The number of terminal acetylenes is 1. The van der Waals surface area contributed by atoms with Crippen LogP contribution in [-0.4, -0.2) is 5.78 Å². The van der Waals surface area contributed by atoms with E-state index in [2.05, 4.69) is 5.92 Å². The Morgan fingerprint density at radius 1 is 1.38 bits per heavy atom. The maximum Gasteiger partial charge on any atom is 0.145 e. The van der Waals surface area contributed by atoms with Crippen LogP contribution < -0.4 is 0 Å². The van der Waals surface area contributed by atoms with Crippen molar-refractivity contribution in [3.63, 3.8) is 0 Å². The van der Waals surface area contributed by atoms with Gasteiger partial charge in [0.05, 0.1) is 0 Å². The van der Waals surface area contributed by atoms with E-state index in [0.717, 1.165) is 19.3 Å². The average Bonchev–Trinajstić information content (AvgIpc) is 2.01. The molecule has 1 saturated carbocycles. The molecule has 1 heteroatoms. The van der Waals surface area contributed by atoms with Gasteiger partial charge >= 0.3 is 0 Å². The summed E-state index contributed by atoms with van der Waals surface area (Å²) in [6.45, 7) is 6.07. The van der Waals surface area contributed by atoms with Crippen molar-refractivity contribution in [2.24, 2.45) is 10.8 Å². The Hall–Kier alpha value is -0.770. The highest BCUT2D eigenvalue weighted by Gasteiger charge is 2.44. The minimum Gasteiger partial charge on any atom is -0.298 e. The highest BCUT2D eigenvalue weighted by molar-refractivity contribution is 5.90. The molecule has 0 bridgehead atoms. The van der Waals surface area contributed by atoms with Crippen molar-refractivity contribution in [1.82, 2.24) is 0 Å². The molecule has 1 aliphatic rings. The van der Waals surface area contributed by atoms with Gasteiger partial charge in [0.2, 0.25) is 0 Å². The standard InChI is InChI=1S/C12H18O/c1-5-7-12(4)9-6-8-11(2,3)10(12)13/h1H,6-9H2,2-4H3. The molecule has 1 atom stereocenters. The molecule has 1 nitrogen and oxygen atoms in total. The van der Waals surface area contributed by atoms with E-state index in [9.17, 15) is 4.79 Å². The number of hydrogen-bond donors (Lipinski definition) is 0. The van der Waals surface area contributed by atoms with Crippen LogP contribution in [0.3, 0.4) is 0 Å². The fourth-order valence-electron chi connectivity index (χ4n) is 2.36. The number of ketones is 1. The molecule has 0 radical (unpaired) electrons. The maximum atomic E-state index is 12.1. The van der Waals surface area contributed by atoms with Crippen molar-refractivity contribution < 1.29 is 4.79 Å². The number of hydrogen-bond acceptors (Lipinski definition) is 1. The monoisotopic (exact) mass is 178 g/mol. The van der Waals surface area contributed by atoms with Gasteiger partial charge in [-0.1, -0.05) is 27.2 Å². The van der Waals surface area contributed by atoms with Gasteiger partial charge < -0.3 is 0 Å². The van der Waals surface area contributed by atoms with E-state index in [1.54, 1.807) is 0 Å². The topological polar surface area (TPSA) is 17.1 Å². The first-order chi connectivity index (χ1) is 5.92. The van der Waals surface area contributed by atoms with Crippen LogP contribution in [0.5, 0.6) is 0 Å². The molecule has 0 aromatic carbocycles. The van der Waals surface area contributed by atoms with E-state index >= 15 is 0 Å². The summed E-state index contributed by atoms with van der Waals surface area (Å²) >= 11 is 0. The summed E-state index contributed by atoms with van der Waals surface area (Å²) in [5, 5.41) is 0. The Bertz CT molecular complexity index is 257. The molecule has 1 aliphatic carbocycles. The zero-order valence-corrected chi connectivity index (χ0v) is 8.81. The van der Waals surface area contributed by atoms with Crippen molar-refractivity contribution in [2.45, 2.75) is 46.5 Å². The lowest BCUT2D eigenvalue weighted by atomic mass is 9.62.